The highest BCUT2D eigenvalue weighted by molar-refractivity contribution is 7.89. The van der Waals surface area contributed by atoms with Crippen molar-refractivity contribution in [3.05, 3.63) is 94.5 Å². The average molecular weight is 485 g/mol. The summed E-state index contributed by atoms with van der Waals surface area (Å²) in [7, 11) is -3.93. The van der Waals surface area contributed by atoms with E-state index in [9.17, 15) is 13.2 Å². The van der Waals surface area contributed by atoms with E-state index >= 15 is 0 Å². The van der Waals surface area contributed by atoms with E-state index in [0.29, 0.717) is 23.8 Å². The summed E-state index contributed by atoms with van der Waals surface area (Å²) in [6.45, 7) is 2.77. The molecule has 1 heterocycles. The van der Waals surface area contributed by atoms with Crippen molar-refractivity contribution in [3.8, 4) is 5.75 Å². The van der Waals surface area contributed by atoms with Crippen LogP contribution in [0.5, 0.6) is 5.75 Å². The van der Waals surface area contributed by atoms with E-state index in [0.717, 1.165) is 16.7 Å². The molecule has 0 radical (unpaired) electrons. The predicted octanol–water partition coefficient (Wildman–Crippen LogP) is 4.17. The number of carbonyl (C=O) groups excluding carboxylic acids is 1. The maximum atomic E-state index is 13.5. The van der Waals surface area contributed by atoms with E-state index in [1.165, 1.54) is 28.6 Å². The lowest BCUT2D eigenvalue weighted by Crippen LogP contribution is -2.52. The SMILES string of the molecule is CCOc1ccccc1CNC(=O)C1Cc2ccccc2CN1S(=O)(=O)c1ccc(Cl)cc1. The van der Waals surface area contributed by atoms with E-state index < -0.39 is 16.1 Å². The first-order valence-electron chi connectivity index (χ1n) is 10.7. The molecule has 0 spiro atoms. The fourth-order valence-corrected chi connectivity index (χ4v) is 5.65. The molecule has 1 N–H and O–H groups in total. The van der Waals surface area contributed by atoms with Gasteiger partial charge in [-0.05, 0) is 54.8 Å². The molecule has 0 saturated carbocycles. The molecule has 0 saturated heterocycles. The van der Waals surface area contributed by atoms with Crippen LogP contribution in [0.1, 0.15) is 23.6 Å². The van der Waals surface area contributed by atoms with E-state index in [1.54, 1.807) is 0 Å². The lowest BCUT2D eigenvalue weighted by atomic mass is 9.95. The first-order chi connectivity index (χ1) is 15.9. The number of rotatable bonds is 7. The number of hydrogen-bond acceptors (Lipinski definition) is 4. The highest BCUT2D eigenvalue weighted by Crippen LogP contribution is 2.30. The van der Waals surface area contributed by atoms with Crippen LogP contribution in [0.25, 0.3) is 0 Å². The quantitative estimate of drug-likeness (QED) is 0.546. The zero-order valence-electron chi connectivity index (χ0n) is 18.2. The summed E-state index contributed by atoms with van der Waals surface area (Å²) in [5.74, 6) is 0.341. The van der Waals surface area contributed by atoms with Gasteiger partial charge in [-0.3, -0.25) is 4.79 Å². The predicted molar refractivity (Wildman–Crippen MR) is 128 cm³/mol. The molecule has 0 aromatic heterocycles. The zero-order valence-corrected chi connectivity index (χ0v) is 19.8. The van der Waals surface area contributed by atoms with Crippen molar-refractivity contribution in [2.75, 3.05) is 6.61 Å². The maximum Gasteiger partial charge on any atom is 0.244 e. The Kier molecular flexibility index (Phi) is 7.02. The molecular weight excluding hydrogens is 460 g/mol. The number of nitrogens with one attached hydrogen (secondary N) is 1. The molecule has 0 aliphatic carbocycles. The topological polar surface area (TPSA) is 75.7 Å². The Hall–Kier alpha value is -2.87. The van der Waals surface area contributed by atoms with Crippen molar-refractivity contribution in [1.29, 1.82) is 0 Å². The van der Waals surface area contributed by atoms with Gasteiger partial charge in [0.05, 0.1) is 11.5 Å². The minimum Gasteiger partial charge on any atom is -0.494 e. The van der Waals surface area contributed by atoms with Crippen LogP contribution in [0, 0.1) is 0 Å². The Morgan fingerprint density at radius 1 is 1.03 bits per heavy atom. The van der Waals surface area contributed by atoms with Crippen LogP contribution in [0.3, 0.4) is 0 Å². The molecule has 1 atom stereocenters. The van der Waals surface area contributed by atoms with Crippen molar-refractivity contribution >= 4 is 27.5 Å². The molecule has 1 aliphatic rings. The Balaban J connectivity index is 1.62. The number of fused-ring (bicyclic) bond motifs is 1. The summed E-state index contributed by atoms with van der Waals surface area (Å²) in [5.41, 5.74) is 2.69. The molecule has 6 nitrogen and oxygen atoms in total. The molecule has 1 aliphatic heterocycles. The highest BCUT2D eigenvalue weighted by atomic mass is 35.5. The monoisotopic (exact) mass is 484 g/mol. The number of carbonyl (C=O) groups is 1. The maximum absolute atomic E-state index is 13.5. The number of para-hydroxylation sites is 1. The van der Waals surface area contributed by atoms with Gasteiger partial charge in [-0.25, -0.2) is 8.42 Å². The Bertz CT molecular complexity index is 1250. The van der Waals surface area contributed by atoms with Crippen molar-refractivity contribution in [2.45, 2.75) is 37.4 Å². The number of benzene rings is 3. The second kappa shape index (κ2) is 9.95. The van der Waals surface area contributed by atoms with Gasteiger partial charge >= 0.3 is 0 Å². The van der Waals surface area contributed by atoms with E-state index in [4.69, 9.17) is 16.3 Å². The summed E-state index contributed by atoms with van der Waals surface area (Å²) < 4.78 is 34.0. The van der Waals surface area contributed by atoms with Gasteiger partial charge in [-0.1, -0.05) is 54.1 Å². The Morgan fingerprint density at radius 3 is 2.42 bits per heavy atom. The van der Waals surface area contributed by atoms with Gasteiger partial charge in [0.1, 0.15) is 11.8 Å². The highest BCUT2D eigenvalue weighted by Gasteiger charge is 2.39. The van der Waals surface area contributed by atoms with Gasteiger partial charge in [0.15, 0.2) is 0 Å². The smallest absolute Gasteiger partial charge is 0.244 e. The zero-order chi connectivity index (χ0) is 23.4. The fraction of sp³-hybridized carbons (Fsp3) is 0.240. The molecule has 3 aromatic carbocycles. The van der Waals surface area contributed by atoms with E-state index in [-0.39, 0.29) is 23.9 Å². The lowest BCUT2D eigenvalue weighted by Gasteiger charge is -2.35. The second-order valence-corrected chi connectivity index (χ2v) is 10.1. The van der Waals surface area contributed by atoms with Crippen LogP contribution in [0.4, 0.5) is 0 Å². The number of ether oxygens (including phenoxy) is 1. The van der Waals surface area contributed by atoms with Gasteiger partial charge in [0, 0.05) is 23.7 Å². The van der Waals surface area contributed by atoms with Crippen LogP contribution in [0.2, 0.25) is 5.02 Å². The van der Waals surface area contributed by atoms with E-state index in [1.807, 2.05) is 55.5 Å². The molecule has 4 rings (SSSR count). The molecular formula is C25H25ClN2O4S. The summed E-state index contributed by atoms with van der Waals surface area (Å²) in [5, 5.41) is 3.36. The third-order valence-electron chi connectivity index (χ3n) is 5.65. The molecule has 172 valence electrons. The first-order valence-corrected chi connectivity index (χ1v) is 12.5. The summed E-state index contributed by atoms with van der Waals surface area (Å²) in [4.78, 5) is 13.4. The van der Waals surface area contributed by atoms with Gasteiger partial charge < -0.3 is 10.1 Å². The number of nitrogens with zero attached hydrogens (tertiary/aromatic N) is 1. The molecule has 0 bridgehead atoms. The second-order valence-electron chi connectivity index (χ2n) is 7.75. The molecule has 1 unspecified atom stereocenters. The van der Waals surface area contributed by atoms with Crippen molar-refractivity contribution in [2.24, 2.45) is 0 Å². The fourth-order valence-electron chi connectivity index (χ4n) is 3.96. The van der Waals surface area contributed by atoms with Crippen LogP contribution < -0.4 is 10.1 Å². The third-order valence-corrected chi connectivity index (χ3v) is 7.77. The van der Waals surface area contributed by atoms with Crippen LogP contribution in [-0.2, 0) is 34.3 Å². The van der Waals surface area contributed by atoms with Crippen LogP contribution >= 0.6 is 11.6 Å². The number of hydrogen-bond donors (Lipinski definition) is 1. The molecule has 33 heavy (non-hydrogen) atoms. The van der Waals surface area contributed by atoms with Crippen molar-refractivity contribution in [1.82, 2.24) is 9.62 Å². The summed E-state index contributed by atoms with van der Waals surface area (Å²) in [6, 6.07) is 20.2. The van der Waals surface area contributed by atoms with Crippen LogP contribution in [0.15, 0.2) is 77.7 Å². The van der Waals surface area contributed by atoms with Gasteiger partial charge in [0.25, 0.3) is 0 Å². The largest absolute Gasteiger partial charge is 0.494 e. The van der Waals surface area contributed by atoms with Gasteiger partial charge in [-0.2, -0.15) is 4.31 Å². The molecule has 8 heteroatoms. The Labute approximate surface area is 199 Å². The molecule has 3 aromatic rings. The normalized spacial score (nSPS) is 16.1. The van der Waals surface area contributed by atoms with Crippen LogP contribution in [-0.4, -0.2) is 31.3 Å². The third kappa shape index (κ3) is 5.05. The molecule has 0 fully saturated rings. The molecule has 1 amide bonds. The van der Waals surface area contributed by atoms with Gasteiger partial charge in [-0.15, -0.1) is 0 Å². The first kappa shape index (κ1) is 23.3. The number of sulfonamides is 1. The van der Waals surface area contributed by atoms with Crippen molar-refractivity contribution < 1.29 is 17.9 Å². The standard InChI is InChI=1S/C25H25ClN2O4S/c1-2-32-24-10-6-5-8-19(24)16-27-25(29)23-15-18-7-3-4-9-20(18)17-28(23)33(30,31)22-13-11-21(26)12-14-22/h3-14,23H,2,15-17H2,1H3,(H,27,29). The summed E-state index contributed by atoms with van der Waals surface area (Å²) in [6.07, 6.45) is 0.294. The average Bonchev–Trinajstić information content (AvgIpc) is 2.83. The van der Waals surface area contributed by atoms with Gasteiger partial charge in [0.2, 0.25) is 15.9 Å². The minimum absolute atomic E-state index is 0.103. The van der Waals surface area contributed by atoms with E-state index in [2.05, 4.69) is 5.32 Å². The van der Waals surface area contributed by atoms with Crippen molar-refractivity contribution in [3.63, 3.8) is 0 Å². The minimum atomic E-state index is -3.93. The summed E-state index contributed by atoms with van der Waals surface area (Å²) >= 11 is 5.95. The Morgan fingerprint density at radius 2 is 1.70 bits per heavy atom. The lowest BCUT2D eigenvalue weighted by molar-refractivity contribution is -0.125. The number of halogens is 1. The number of amides is 1.